The second-order valence-electron chi connectivity index (χ2n) is 2.88. The first-order valence-electron chi connectivity index (χ1n) is 4.15. The molecule has 0 amide bonds. The smallest absolute Gasteiger partial charge is 0.179 e. The van der Waals surface area contributed by atoms with Gasteiger partial charge in [-0.15, -0.1) is 0 Å². The van der Waals surface area contributed by atoms with Crippen molar-refractivity contribution >= 4 is 15.9 Å². The van der Waals surface area contributed by atoms with Crippen LogP contribution in [0.3, 0.4) is 0 Å². The first kappa shape index (κ1) is 9.61. The number of hydrogen-bond acceptors (Lipinski definition) is 4. The largest absolute Gasteiger partial charge is 0.506 e. The first-order valence-corrected chi connectivity index (χ1v) is 4.94. The molecule has 0 aromatic heterocycles. The highest BCUT2D eigenvalue weighted by Gasteiger charge is 2.20. The van der Waals surface area contributed by atoms with Crippen molar-refractivity contribution in [1.82, 2.24) is 0 Å². The highest BCUT2D eigenvalue weighted by molar-refractivity contribution is 9.10. The summed E-state index contributed by atoms with van der Waals surface area (Å²) in [6.45, 7) is 0.708. The fourth-order valence-electron chi connectivity index (χ4n) is 1.31. The Kier molecular flexibility index (Phi) is 2.52. The van der Waals surface area contributed by atoms with E-state index < -0.39 is 0 Å². The van der Waals surface area contributed by atoms with E-state index in [-0.39, 0.29) is 12.4 Å². The normalized spacial score (nSPS) is 14.1. The van der Waals surface area contributed by atoms with Crippen LogP contribution in [0.15, 0.2) is 10.5 Å². The molecule has 1 heterocycles. The molecular weight excluding hydrogens is 252 g/mol. The number of aliphatic hydroxyl groups is 1. The molecule has 2 rings (SSSR count). The molecule has 1 aromatic carbocycles. The minimum Gasteiger partial charge on any atom is -0.506 e. The van der Waals surface area contributed by atoms with E-state index in [1.165, 1.54) is 0 Å². The van der Waals surface area contributed by atoms with Crippen molar-refractivity contribution in [3.8, 4) is 17.2 Å². The van der Waals surface area contributed by atoms with Crippen LogP contribution in [-0.4, -0.2) is 23.4 Å². The van der Waals surface area contributed by atoms with E-state index in [0.717, 1.165) is 0 Å². The lowest BCUT2D eigenvalue weighted by atomic mass is 10.2. The van der Waals surface area contributed by atoms with Crippen molar-refractivity contribution in [1.29, 1.82) is 0 Å². The maximum Gasteiger partial charge on any atom is 0.179 e. The van der Waals surface area contributed by atoms with Crippen LogP contribution < -0.4 is 9.47 Å². The van der Waals surface area contributed by atoms with Gasteiger partial charge in [0.15, 0.2) is 11.5 Å². The second kappa shape index (κ2) is 3.67. The summed E-state index contributed by atoms with van der Waals surface area (Å²) in [6.07, 6.45) is 0. The lowest BCUT2D eigenvalue weighted by Gasteiger charge is -2.21. The lowest BCUT2D eigenvalue weighted by Crippen LogP contribution is -2.16. The summed E-state index contributed by atoms with van der Waals surface area (Å²) in [5, 5.41) is 18.6. The Hall–Kier alpha value is -0.940. The number of halogens is 1. The van der Waals surface area contributed by atoms with Crippen LogP contribution in [0.1, 0.15) is 5.56 Å². The molecule has 0 unspecified atom stereocenters. The van der Waals surface area contributed by atoms with E-state index >= 15 is 0 Å². The monoisotopic (exact) mass is 260 g/mol. The van der Waals surface area contributed by atoms with Crippen molar-refractivity contribution < 1.29 is 19.7 Å². The summed E-state index contributed by atoms with van der Waals surface area (Å²) in [5.74, 6) is 1.03. The van der Waals surface area contributed by atoms with Crippen LogP contribution in [0, 0.1) is 0 Å². The van der Waals surface area contributed by atoms with E-state index in [4.69, 9.17) is 14.6 Å². The zero-order chi connectivity index (χ0) is 10.1. The van der Waals surface area contributed by atoms with Gasteiger partial charge in [-0.2, -0.15) is 0 Å². The topological polar surface area (TPSA) is 58.9 Å². The van der Waals surface area contributed by atoms with Crippen molar-refractivity contribution in [2.24, 2.45) is 0 Å². The molecular formula is C9H9BrO4. The fraction of sp³-hybridized carbons (Fsp3) is 0.333. The van der Waals surface area contributed by atoms with Crippen LogP contribution in [-0.2, 0) is 6.61 Å². The van der Waals surface area contributed by atoms with Crippen molar-refractivity contribution in [2.45, 2.75) is 6.61 Å². The Morgan fingerprint density at radius 2 is 2.07 bits per heavy atom. The molecule has 14 heavy (non-hydrogen) atoms. The SMILES string of the molecule is OCc1cc2c(c(Br)c1O)OCCO2. The second-order valence-corrected chi connectivity index (χ2v) is 3.67. The fourth-order valence-corrected chi connectivity index (χ4v) is 1.87. The van der Waals surface area contributed by atoms with Gasteiger partial charge in [-0.05, 0) is 22.0 Å². The summed E-state index contributed by atoms with van der Waals surface area (Å²) in [6, 6.07) is 1.58. The summed E-state index contributed by atoms with van der Waals surface area (Å²) in [7, 11) is 0. The van der Waals surface area contributed by atoms with Gasteiger partial charge in [-0.1, -0.05) is 0 Å². The molecule has 0 bridgehead atoms. The molecule has 4 nitrogen and oxygen atoms in total. The van der Waals surface area contributed by atoms with Crippen LogP contribution in [0.4, 0.5) is 0 Å². The predicted molar refractivity (Wildman–Crippen MR) is 52.7 cm³/mol. The minimum absolute atomic E-state index is 0.00301. The van der Waals surface area contributed by atoms with Crippen molar-refractivity contribution in [2.75, 3.05) is 13.2 Å². The summed E-state index contributed by atoms with van der Waals surface area (Å²) < 4.78 is 11.1. The molecule has 0 spiro atoms. The molecule has 76 valence electrons. The zero-order valence-corrected chi connectivity index (χ0v) is 8.87. The third-order valence-electron chi connectivity index (χ3n) is 2.00. The van der Waals surface area contributed by atoms with E-state index in [1.807, 2.05) is 0 Å². The molecule has 0 saturated heterocycles. The molecule has 2 N–H and O–H groups in total. The number of hydrogen-bond donors (Lipinski definition) is 2. The Bertz CT molecular complexity index is 364. The van der Waals surface area contributed by atoms with Gasteiger partial charge in [-0.25, -0.2) is 0 Å². The number of phenols is 1. The average Bonchev–Trinajstić information content (AvgIpc) is 2.23. The number of aromatic hydroxyl groups is 1. The third kappa shape index (κ3) is 1.42. The van der Waals surface area contributed by atoms with E-state index in [1.54, 1.807) is 6.07 Å². The highest BCUT2D eigenvalue weighted by Crippen LogP contribution is 2.44. The number of rotatable bonds is 1. The maximum absolute atomic E-state index is 9.61. The summed E-state index contributed by atoms with van der Waals surface area (Å²) >= 11 is 3.19. The Labute approximate surface area is 89.2 Å². The molecule has 0 aliphatic carbocycles. The number of benzene rings is 1. The molecule has 5 heteroatoms. The van der Waals surface area contributed by atoms with Gasteiger partial charge in [0.05, 0.1) is 6.61 Å². The first-order chi connectivity index (χ1) is 6.74. The Morgan fingerprint density at radius 1 is 1.36 bits per heavy atom. The molecule has 1 aromatic rings. The van der Waals surface area contributed by atoms with Gasteiger partial charge in [0.2, 0.25) is 0 Å². The number of ether oxygens (including phenoxy) is 2. The summed E-state index contributed by atoms with van der Waals surface area (Å²) in [4.78, 5) is 0. The maximum atomic E-state index is 9.61. The predicted octanol–water partition coefficient (Wildman–Crippen LogP) is 1.42. The molecule has 0 radical (unpaired) electrons. The van der Waals surface area contributed by atoms with Gasteiger partial charge in [-0.3, -0.25) is 0 Å². The minimum atomic E-state index is -0.235. The van der Waals surface area contributed by atoms with Crippen LogP contribution in [0.25, 0.3) is 0 Å². The van der Waals surface area contributed by atoms with Gasteiger partial charge >= 0.3 is 0 Å². The zero-order valence-electron chi connectivity index (χ0n) is 7.29. The van der Waals surface area contributed by atoms with Gasteiger partial charge < -0.3 is 19.7 Å². The van der Waals surface area contributed by atoms with Crippen LogP contribution in [0.2, 0.25) is 0 Å². The van der Waals surface area contributed by atoms with Gasteiger partial charge in [0.25, 0.3) is 0 Å². The quantitative estimate of drug-likeness (QED) is 0.802. The lowest BCUT2D eigenvalue weighted by molar-refractivity contribution is 0.168. The Morgan fingerprint density at radius 3 is 2.79 bits per heavy atom. The van der Waals surface area contributed by atoms with E-state index in [2.05, 4.69) is 15.9 Å². The van der Waals surface area contributed by atoms with E-state index in [9.17, 15) is 5.11 Å². The van der Waals surface area contributed by atoms with Crippen LogP contribution in [0.5, 0.6) is 17.2 Å². The van der Waals surface area contributed by atoms with Crippen molar-refractivity contribution in [3.05, 3.63) is 16.1 Å². The number of aliphatic hydroxyl groups excluding tert-OH is 1. The molecule has 1 aliphatic rings. The molecule has 0 saturated carbocycles. The molecule has 1 aliphatic heterocycles. The van der Waals surface area contributed by atoms with Gasteiger partial charge in [0, 0.05) is 5.56 Å². The van der Waals surface area contributed by atoms with Gasteiger partial charge in [0.1, 0.15) is 23.4 Å². The Balaban J connectivity index is 2.57. The highest BCUT2D eigenvalue weighted by atomic mass is 79.9. The van der Waals surface area contributed by atoms with E-state index in [0.29, 0.717) is 34.7 Å². The average molecular weight is 261 g/mol. The number of fused-ring (bicyclic) bond motifs is 1. The summed E-state index contributed by atoms with van der Waals surface area (Å²) in [5.41, 5.74) is 0.418. The third-order valence-corrected chi connectivity index (χ3v) is 2.73. The standard InChI is InChI=1S/C9H9BrO4/c10-7-8(12)5(4-11)3-6-9(7)14-2-1-13-6/h3,11-12H,1-2,4H2. The molecule has 0 fully saturated rings. The molecule has 0 atom stereocenters. The van der Waals surface area contributed by atoms with Crippen LogP contribution >= 0.6 is 15.9 Å². The van der Waals surface area contributed by atoms with Crippen molar-refractivity contribution in [3.63, 3.8) is 0 Å².